The lowest BCUT2D eigenvalue weighted by Gasteiger charge is -2.14. The van der Waals surface area contributed by atoms with Crippen LogP contribution in [0.4, 0.5) is 0 Å². The summed E-state index contributed by atoms with van der Waals surface area (Å²) >= 11 is 6.01. The second-order valence-corrected chi connectivity index (χ2v) is 5.27. The molecule has 0 aliphatic heterocycles. The topological polar surface area (TPSA) is 21.3 Å². The first-order valence-electron chi connectivity index (χ1n) is 6.81. The number of hydrogen-bond donors (Lipinski definition) is 1. The minimum absolute atomic E-state index is 0.298. The number of rotatable bonds is 6. The summed E-state index contributed by atoms with van der Waals surface area (Å²) in [6.45, 7) is 3.08. The third-order valence-corrected chi connectivity index (χ3v) is 3.61. The Labute approximate surface area is 125 Å². The average Bonchev–Trinajstić information content (AvgIpc) is 2.48. The first-order valence-corrected chi connectivity index (χ1v) is 7.18. The maximum absolute atomic E-state index is 6.01. The number of benzene rings is 2. The van der Waals surface area contributed by atoms with Gasteiger partial charge in [-0.15, -0.1) is 0 Å². The minimum atomic E-state index is 0.298. The Hall–Kier alpha value is -1.51. The molecule has 2 rings (SSSR count). The standard InChI is InChI=1S/C17H20ClNO/c1-13(15-4-3-5-16(18)12-15)19-11-10-14-6-8-17(20-2)9-7-14/h3-9,12-13,19H,10-11H2,1-2H3. The van der Waals surface area contributed by atoms with Crippen LogP contribution in [0.1, 0.15) is 24.1 Å². The molecule has 1 N–H and O–H groups in total. The molecule has 0 aliphatic rings. The lowest BCUT2D eigenvalue weighted by atomic mass is 10.1. The zero-order valence-corrected chi connectivity index (χ0v) is 12.7. The molecule has 0 bridgehead atoms. The third kappa shape index (κ3) is 4.26. The maximum atomic E-state index is 6.01. The number of ether oxygens (including phenoxy) is 1. The quantitative estimate of drug-likeness (QED) is 0.859. The van der Waals surface area contributed by atoms with E-state index in [2.05, 4.69) is 30.4 Å². The largest absolute Gasteiger partial charge is 0.497 e. The van der Waals surface area contributed by atoms with Gasteiger partial charge in [0.2, 0.25) is 0 Å². The molecule has 1 unspecified atom stereocenters. The van der Waals surface area contributed by atoms with Crippen molar-refractivity contribution in [2.24, 2.45) is 0 Å². The molecule has 0 heterocycles. The minimum Gasteiger partial charge on any atom is -0.497 e. The molecule has 0 amide bonds. The van der Waals surface area contributed by atoms with Crippen LogP contribution >= 0.6 is 11.6 Å². The van der Waals surface area contributed by atoms with Crippen molar-refractivity contribution in [2.45, 2.75) is 19.4 Å². The van der Waals surface area contributed by atoms with Gasteiger partial charge in [0.05, 0.1) is 7.11 Å². The van der Waals surface area contributed by atoms with Crippen molar-refractivity contribution in [3.8, 4) is 5.75 Å². The van der Waals surface area contributed by atoms with Gasteiger partial charge >= 0.3 is 0 Å². The van der Waals surface area contributed by atoms with Crippen molar-refractivity contribution < 1.29 is 4.74 Å². The van der Waals surface area contributed by atoms with Gasteiger partial charge in [-0.1, -0.05) is 35.9 Å². The molecule has 0 fully saturated rings. The summed E-state index contributed by atoms with van der Waals surface area (Å²) in [7, 11) is 1.68. The van der Waals surface area contributed by atoms with Gasteiger partial charge in [-0.05, 0) is 55.3 Å². The number of nitrogens with one attached hydrogen (secondary N) is 1. The van der Waals surface area contributed by atoms with Crippen molar-refractivity contribution in [1.29, 1.82) is 0 Å². The average molecular weight is 290 g/mol. The van der Waals surface area contributed by atoms with Crippen LogP contribution in [-0.4, -0.2) is 13.7 Å². The molecule has 0 aliphatic carbocycles. The van der Waals surface area contributed by atoms with E-state index < -0.39 is 0 Å². The molecule has 106 valence electrons. The van der Waals surface area contributed by atoms with E-state index >= 15 is 0 Å². The van der Waals surface area contributed by atoms with Crippen molar-refractivity contribution in [3.63, 3.8) is 0 Å². The number of methoxy groups -OCH3 is 1. The highest BCUT2D eigenvalue weighted by molar-refractivity contribution is 6.30. The molecular formula is C17H20ClNO. The molecule has 0 radical (unpaired) electrons. The summed E-state index contributed by atoms with van der Waals surface area (Å²) in [5.74, 6) is 0.897. The van der Waals surface area contributed by atoms with Crippen LogP contribution < -0.4 is 10.1 Å². The van der Waals surface area contributed by atoms with Gasteiger partial charge in [0.15, 0.2) is 0 Å². The normalized spacial score (nSPS) is 12.2. The van der Waals surface area contributed by atoms with Crippen LogP contribution in [0.2, 0.25) is 5.02 Å². The molecule has 2 nitrogen and oxygen atoms in total. The Kier molecular flexibility index (Phi) is 5.45. The molecule has 0 saturated carbocycles. The molecule has 1 atom stereocenters. The van der Waals surface area contributed by atoms with E-state index in [1.807, 2.05) is 30.3 Å². The Morgan fingerprint density at radius 1 is 1.15 bits per heavy atom. The first kappa shape index (κ1) is 14.9. The molecule has 20 heavy (non-hydrogen) atoms. The fourth-order valence-corrected chi connectivity index (χ4v) is 2.32. The second-order valence-electron chi connectivity index (χ2n) is 4.83. The van der Waals surface area contributed by atoms with E-state index in [1.165, 1.54) is 11.1 Å². The smallest absolute Gasteiger partial charge is 0.118 e. The van der Waals surface area contributed by atoms with Gasteiger partial charge in [0.25, 0.3) is 0 Å². The van der Waals surface area contributed by atoms with Crippen molar-refractivity contribution in [3.05, 3.63) is 64.7 Å². The molecule has 0 saturated heterocycles. The maximum Gasteiger partial charge on any atom is 0.118 e. The fourth-order valence-electron chi connectivity index (χ4n) is 2.12. The summed E-state index contributed by atoms with van der Waals surface area (Å²) in [6, 6.07) is 16.5. The molecule has 3 heteroatoms. The lowest BCUT2D eigenvalue weighted by Crippen LogP contribution is -2.21. The second kappa shape index (κ2) is 7.32. The Morgan fingerprint density at radius 3 is 2.55 bits per heavy atom. The highest BCUT2D eigenvalue weighted by atomic mass is 35.5. The van der Waals surface area contributed by atoms with Gasteiger partial charge in [0, 0.05) is 11.1 Å². The zero-order chi connectivity index (χ0) is 14.4. The molecular weight excluding hydrogens is 270 g/mol. The van der Waals surface area contributed by atoms with E-state index in [9.17, 15) is 0 Å². The highest BCUT2D eigenvalue weighted by Gasteiger charge is 2.04. The van der Waals surface area contributed by atoms with Crippen LogP contribution in [0, 0.1) is 0 Å². The summed E-state index contributed by atoms with van der Waals surface area (Å²) < 4.78 is 5.15. The van der Waals surface area contributed by atoms with Crippen LogP contribution in [0.5, 0.6) is 5.75 Å². The molecule has 2 aromatic rings. The number of halogens is 1. The van der Waals surface area contributed by atoms with Gasteiger partial charge in [-0.25, -0.2) is 0 Å². The van der Waals surface area contributed by atoms with Crippen molar-refractivity contribution >= 4 is 11.6 Å². The van der Waals surface area contributed by atoms with E-state index in [-0.39, 0.29) is 0 Å². The van der Waals surface area contributed by atoms with Crippen LogP contribution in [0.3, 0.4) is 0 Å². The first-order chi connectivity index (χ1) is 9.69. The SMILES string of the molecule is COc1ccc(CCNC(C)c2cccc(Cl)c2)cc1. The van der Waals surface area contributed by atoms with Crippen LogP contribution in [0.25, 0.3) is 0 Å². The molecule has 0 spiro atoms. The fraction of sp³-hybridized carbons (Fsp3) is 0.294. The monoisotopic (exact) mass is 289 g/mol. The van der Waals surface area contributed by atoms with Crippen LogP contribution in [-0.2, 0) is 6.42 Å². The Bertz CT molecular complexity index is 539. The Morgan fingerprint density at radius 2 is 1.90 bits per heavy atom. The van der Waals surface area contributed by atoms with Gasteiger partial charge < -0.3 is 10.1 Å². The zero-order valence-electron chi connectivity index (χ0n) is 11.9. The van der Waals surface area contributed by atoms with Gasteiger partial charge in [-0.3, -0.25) is 0 Å². The highest BCUT2D eigenvalue weighted by Crippen LogP contribution is 2.17. The van der Waals surface area contributed by atoms with E-state index in [4.69, 9.17) is 16.3 Å². The predicted molar refractivity (Wildman–Crippen MR) is 84.6 cm³/mol. The predicted octanol–water partition coefficient (Wildman–Crippen LogP) is 4.24. The van der Waals surface area contributed by atoms with E-state index in [1.54, 1.807) is 7.11 Å². The summed E-state index contributed by atoms with van der Waals surface area (Å²) in [4.78, 5) is 0. The van der Waals surface area contributed by atoms with E-state index in [0.717, 1.165) is 23.7 Å². The van der Waals surface area contributed by atoms with E-state index in [0.29, 0.717) is 6.04 Å². The summed E-state index contributed by atoms with van der Waals surface area (Å²) in [5, 5.41) is 4.30. The lowest BCUT2D eigenvalue weighted by molar-refractivity contribution is 0.414. The van der Waals surface area contributed by atoms with Gasteiger partial charge in [0.1, 0.15) is 5.75 Å². The van der Waals surface area contributed by atoms with Crippen molar-refractivity contribution in [1.82, 2.24) is 5.32 Å². The van der Waals surface area contributed by atoms with Crippen molar-refractivity contribution in [2.75, 3.05) is 13.7 Å². The van der Waals surface area contributed by atoms with Crippen LogP contribution in [0.15, 0.2) is 48.5 Å². The molecule has 0 aromatic heterocycles. The molecule has 2 aromatic carbocycles. The number of hydrogen-bond acceptors (Lipinski definition) is 2. The summed E-state index contributed by atoms with van der Waals surface area (Å²) in [5.41, 5.74) is 2.52. The third-order valence-electron chi connectivity index (χ3n) is 3.37. The summed E-state index contributed by atoms with van der Waals surface area (Å²) in [6.07, 6.45) is 0.995. The van der Waals surface area contributed by atoms with Gasteiger partial charge in [-0.2, -0.15) is 0 Å². The Balaban J connectivity index is 1.82.